The summed E-state index contributed by atoms with van der Waals surface area (Å²) in [5, 5.41) is 5.32. The Labute approximate surface area is 95.6 Å². The topological polar surface area (TPSA) is 41.1 Å². The minimum Gasteiger partial charge on any atom is -0.336 e. The third-order valence-corrected chi connectivity index (χ3v) is 2.82. The first-order valence-electron chi connectivity index (χ1n) is 4.27. The van der Waals surface area contributed by atoms with Crippen molar-refractivity contribution in [3.8, 4) is 0 Å². The second kappa shape index (κ2) is 3.87. The van der Waals surface area contributed by atoms with Crippen molar-refractivity contribution in [2.75, 3.05) is 6.54 Å². The molecule has 0 radical (unpaired) electrons. The molecule has 1 heterocycles. The zero-order valence-electron chi connectivity index (χ0n) is 7.48. The molecule has 0 bridgehead atoms. The van der Waals surface area contributed by atoms with Crippen molar-refractivity contribution in [1.82, 2.24) is 10.6 Å². The van der Waals surface area contributed by atoms with Crippen LogP contribution in [0.3, 0.4) is 0 Å². The quantitative estimate of drug-likeness (QED) is 0.737. The van der Waals surface area contributed by atoms with Gasteiger partial charge in [-0.05, 0) is 12.1 Å². The second-order valence-corrected chi connectivity index (χ2v) is 3.98. The monoisotopic (exact) mass is 248 g/mol. The lowest BCUT2D eigenvalue weighted by molar-refractivity contribution is 0.247. The zero-order valence-corrected chi connectivity index (χ0v) is 8.99. The predicted molar refractivity (Wildman–Crippen MR) is 55.7 cm³/mol. The van der Waals surface area contributed by atoms with E-state index in [0.29, 0.717) is 6.54 Å². The Balaban J connectivity index is 2.43. The molecule has 1 aliphatic rings. The number of hydrogen-bond donors (Lipinski definition) is 2. The Morgan fingerprint density at radius 2 is 2.00 bits per heavy atom. The fraction of sp³-hybridized carbons (Fsp3) is 0.222. The van der Waals surface area contributed by atoms with Gasteiger partial charge in [-0.2, -0.15) is 0 Å². The molecule has 0 aliphatic carbocycles. The third-order valence-electron chi connectivity index (χ3n) is 2.20. The molecule has 1 aromatic carbocycles. The minimum absolute atomic E-state index is 0.00412. The summed E-state index contributed by atoms with van der Waals surface area (Å²) in [4.78, 5) is 10.9. The molecule has 6 heteroatoms. The maximum absolute atomic E-state index is 13.6. The predicted octanol–water partition coefficient (Wildman–Crippen LogP) is 2.49. The van der Waals surface area contributed by atoms with Crippen molar-refractivity contribution in [2.24, 2.45) is 0 Å². The minimum atomic E-state index is -0.585. The fourth-order valence-corrected chi connectivity index (χ4v) is 1.93. The van der Waals surface area contributed by atoms with Gasteiger partial charge in [-0.15, -0.1) is 0 Å². The van der Waals surface area contributed by atoms with Crippen LogP contribution in [0.25, 0.3) is 0 Å². The number of hydrogen-bond acceptors (Lipinski definition) is 1. The van der Waals surface area contributed by atoms with E-state index in [-0.39, 0.29) is 21.6 Å². The Hall–Kier alpha value is -1.00. The largest absolute Gasteiger partial charge is 0.336 e. The van der Waals surface area contributed by atoms with Crippen molar-refractivity contribution < 1.29 is 9.18 Å². The molecule has 0 aromatic heterocycles. The average Bonchev–Trinajstić information content (AvgIpc) is 2.59. The Bertz CT molecular complexity index is 425. The lowest BCUT2D eigenvalue weighted by atomic mass is 10.1. The number of carbonyl (C=O) groups excluding carboxylic acids is 1. The molecule has 2 N–H and O–H groups in total. The third kappa shape index (κ3) is 1.87. The maximum atomic E-state index is 13.6. The summed E-state index contributed by atoms with van der Waals surface area (Å²) in [5.74, 6) is -0.585. The highest BCUT2D eigenvalue weighted by Crippen LogP contribution is 2.31. The van der Waals surface area contributed by atoms with Gasteiger partial charge in [-0.1, -0.05) is 23.2 Å². The van der Waals surface area contributed by atoms with Crippen molar-refractivity contribution in [1.29, 1.82) is 0 Å². The number of urea groups is 1. The van der Waals surface area contributed by atoms with Gasteiger partial charge >= 0.3 is 6.03 Å². The maximum Gasteiger partial charge on any atom is 0.315 e. The lowest BCUT2D eigenvalue weighted by Gasteiger charge is -2.12. The van der Waals surface area contributed by atoms with E-state index >= 15 is 0 Å². The first-order valence-corrected chi connectivity index (χ1v) is 5.03. The van der Waals surface area contributed by atoms with Gasteiger partial charge in [-0.25, -0.2) is 9.18 Å². The Morgan fingerprint density at radius 1 is 1.33 bits per heavy atom. The molecule has 0 unspecified atom stereocenters. The van der Waals surface area contributed by atoms with Gasteiger partial charge in [0.1, 0.15) is 5.82 Å². The molecule has 0 spiro atoms. The SMILES string of the molecule is O=C1NC[C@H](c2c(Cl)ccc(Cl)c2F)N1. The van der Waals surface area contributed by atoms with Crippen LogP contribution < -0.4 is 10.6 Å². The summed E-state index contributed by atoms with van der Waals surface area (Å²) in [5.41, 5.74) is 0.225. The molecule has 2 amide bonds. The highest BCUT2D eigenvalue weighted by atomic mass is 35.5. The molecular weight excluding hydrogens is 242 g/mol. The standard InChI is InChI=1S/C9H7Cl2FN2O/c10-4-1-2-5(11)8(12)7(4)6-3-13-9(15)14-6/h1-2,6H,3H2,(H2,13,14,15)/t6-/m1/s1. The van der Waals surface area contributed by atoms with E-state index in [1.807, 2.05) is 0 Å². The van der Waals surface area contributed by atoms with E-state index < -0.39 is 11.9 Å². The van der Waals surface area contributed by atoms with Gasteiger partial charge in [0.05, 0.1) is 11.1 Å². The highest BCUT2D eigenvalue weighted by Gasteiger charge is 2.27. The summed E-state index contributed by atoms with van der Waals surface area (Å²) in [6.45, 7) is 0.301. The molecule has 15 heavy (non-hydrogen) atoms. The van der Waals surface area contributed by atoms with Crippen LogP contribution in [0.15, 0.2) is 12.1 Å². The van der Waals surface area contributed by atoms with Crippen molar-refractivity contribution in [2.45, 2.75) is 6.04 Å². The first kappa shape index (κ1) is 10.5. The number of carbonyl (C=O) groups is 1. The number of rotatable bonds is 1. The summed E-state index contributed by atoms with van der Waals surface area (Å²) in [7, 11) is 0. The van der Waals surface area contributed by atoms with Crippen LogP contribution in [-0.2, 0) is 0 Å². The first-order chi connectivity index (χ1) is 7.09. The fourth-order valence-electron chi connectivity index (χ4n) is 1.49. The molecular formula is C9H7Cl2FN2O. The summed E-state index contributed by atoms with van der Waals surface area (Å²) in [6.07, 6.45) is 0. The molecule has 2 rings (SSSR count). The van der Waals surface area contributed by atoms with Crippen molar-refractivity contribution in [3.05, 3.63) is 33.6 Å². The van der Waals surface area contributed by atoms with E-state index in [0.717, 1.165) is 0 Å². The van der Waals surface area contributed by atoms with E-state index in [1.54, 1.807) is 0 Å². The smallest absolute Gasteiger partial charge is 0.315 e. The molecule has 1 atom stereocenters. The van der Waals surface area contributed by atoms with E-state index in [1.165, 1.54) is 12.1 Å². The van der Waals surface area contributed by atoms with E-state index in [9.17, 15) is 9.18 Å². The molecule has 80 valence electrons. The van der Waals surface area contributed by atoms with Crippen LogP contribution in [0.5, 0.6) is 0 Å². The summed E-state index contributed by atoms with van der Waals surface area (Å²) >= 11 is 11.5. The van der Waals surface area contributed by atoms with Gasteiger partial charge in [-0.3, -0.25) is 0 Å². The zero-order chi connectivity index (χ0) is 11.0. The van der Waals surface area contributed by atoms with Crippen molar-refractivity contribution in [3.63, 3.8) is 0 Å². The van der Waals surface area contributed by atoms with Crippen LogP contribution >= 0.6 is 23.2 Å². The second-order valence-electron chi connectivity index (χ2n) is 3.16. The molecule has 1 aliphatic heterocycles. The number of amides is 2. The normalized spacial score (nSPS) is 19.9. The molecule has 0 saturated carbocycles. The molecule has 1 aromatic rings. The average molecular weight is 249 g/mol. The van der Waals surface area contributed by atoms with Crippen LogP contribution in [0.1, 0.15) is 11.6 Å². The van der Waals surface area contributed by atoms with Gasteiger partial charge in [0.2, 0.25) is 0 Å². The van der Waals surface area contributed by atoms with Gasteiger partial charge in [0.25, 0.3) is 0 Å². The van der Waals surface area contributed by atoms with E-state index in [4.69, 9.17) is 23.2 Å². The van der Waals surface area contributed by atoms with Crippen molar-refractivity contribution >= 4 is 29.2 Å². The van der Waals surface area contributed by atoms with Gasteiger partial charge < -0.3 is 10.6 Å². The summed E-state index contributed by atoms with van der Waals surface area (Å²) < 4.78 is 13.6. The van der Waals surface area contributed by atoms with Crippen LogP contribution in [0.2, 0.25) is 10.0 Å². The molecule has 3 nitrogen and oxygen atoms in total. The van der Waals surface area contributed by atoms with Crippen LogP contribution in [0, 0.1) is 5.82 Å². The molecule has 1 fully saturated rings. The van der Waals surface area contributed by atoms with Crippen LogP contribution in [-0.4, -0.2) is 12.6 Å². The number of benzene rings is 1. The number of halogens is 3. The highest BCUT2D eigenvalue weighted by molar-refractivity contribution is 6.33. The number of nitrogens with one attached hydrogen (secondary N) is 2. The summed E-state index contributed by atoms with van der Waals surface area (Å²) in [6, 6.07) is 2.08. The van der Waals surface area contributed by atoms with E-state index in [2.05, 4.69) is 10.6 Å². The lowest BCUT2D eigenvalue weighted by Crippen LogP contribution is -2.22. The Morgan fingerprint density at radius 3 is 2.60 bits per heavy atom. The van der Waals surface area contributed by atoms with Gasteiger partial charge in [0, 0.05) is 17.1 Å². The van der Waals surface area contributed by atoms with Gasteiger partial charge in [0.15, 0.2) is 0 Å². The Kier molecular flexibility index (Phi) is 2.71. The van der Waals surface area contributed by atoms with Crippen LogP contribution in [0.4, 0.5) is 9.18 Å². The molecule has 1 saturated heterocycles.